The lowest BCUT2D eigenvalue weighted by Gasteiger charge is -2.26. The van der Waals surface area contributed by atoms with Gasteiger partial charge in [0.25, 0.3) is 0 Å². The molecule has 0 spiro atoms. The molecule has 0 amide bonds. The third-order valence-corrected chi connectivity index (χ3v) is 5.63. The first-order chi connectivity index (χ1) is 12.4. The molecule has 1 aliphatic heterocycles. The van der Waals surface area contributed by atoms with Crippen LogP contribution in [-0.4, -0.2) is 11.2 Å². The highest BCUT2D eigenvalue weighted by Gasteiger charge is 2.50. The van der Waals surface area contributed by atoms with E-state index in [-0.39, 0.29) is 0 Å². The Bertz CT molecular complexity index is 1140. The maximum atomic E-state index is 6.17. The fraction of sp³-hybridized carbons (Fsp3) is 0.273. The summed E-state index contributed by atoms with van der Waals surface area (Å²) in [4.78, 5) is 12.1. The number of anilines is 1. The van der Waals surface area contributed by atoms with E-state index in [2.05, 4.69) is 30.3 Å². The lowest BCUT2D eigenvalue weighted by atomic mass is 9.90. The summed E-state index contributed by atoms with van der Waals surface area (Å²) in [5.41, 5.74) is 1.79. The zero-order valence-corrected chi connectivity index (χ0v) is 15.4. The molecule has 26 heavy (non-hydrogen) atoms. The molecule has 0 atom stereocenters. The van der Waals surface area contributed by atoms with Gasteiger partial charge in [-0.15, -0.1) is 5.23 Å². The molecular weight excluding hydrogens is 326 g/mol. The number of nitrogens with zero attached hydrogens (tertiary/aromatic N) is 1. The second-order valence-corrected chi connectivity index (χ2v) is 7.91. The Morgan fingerprint density at radius 2 is 1.46 bits per heavy atom. The summed E-state index contributed by atoms with van der Waals surface area (Å²) < 4.78 is 6.17. The quantitative estimate of drug-likeness (QED) is 0.424. The first-order valence-electron chi connectivity index (χ1n) is 8.88. The third kappa shape index (κ3) is 2.09. The van der Waals surface area contributed by atoms with Gasteiger partial charge in [-0.25, -0.2) is 9.68 Å². The lowest BCUT2D eigenvalue weighted by molar-refractivity contribution is -0.0272. The van der Waals surface area contributed by atoms with Crippen LogP contribution in [0.1, 0.15) is 27.7 Å². The molecule has 4 nitrogen and oxygen atoms in total. The van der Waals surface area contributed by atoms with Gasteiger partial charge in [0.15, 0.2) is 0 Å². The highest BCUT2D eigenvalue weighted by molar-refractivity contribution is 6.15. The van der Waals surface area contributed by atoms with Crippen molar-refractivity contribution < 1.29 is 14.1 Å². The van der Waals surface area contributed by atoms with Crippen molar-refractivity contribution in [1.29, 1.82) is 0 Å². The molecule has 3 aromatic carbocycles. The molecule has 132 valence electrons. The van der Waals surface area contributed by atoms with Crippen LogP contribution in [0, 0.1) is 0 Å². The zero-order chi connectivity index (χ0) is 18.1. The Morgan fingerprint density at radius 3 is 2.23 bits per heavy atom. The van der Waals surface area contributed by atoms with Crippen molar-refractivity contribution in [3.63, 3.8) is 0 Å². The van der Waals surface area contributed by atoms with Crippen LogP contribution in [0.25, 0.3) is 32.7 Å². The molecule has 4 heteroatoms. The van der Waals surface area contributed by atoms with Crippen molar-refractivity contribution in [1.82, 2.24) is 0 Å². The number of furan rings is 1. The minimum absolute atomic E-state index is 0.420. The summed E-state index contributed by atoms with van der Waals surface area (Å²) in [5, 5.41) is 5.98. The molecule has 1 fully saturated rings. The van der Waals surface area contributed by atoms with Crippen LogP contribution < -0.4 is 5.23 Å². The Hall–Kier alpha value is -2.56. The van der Waals surface area contributed by atoms with Gasteiger partial charge < -0.3 is 4.42 Å². The van der Waals surface area contributed by atoms with Gasteiger partial charge in [0.05, 0.1) is 5.69 Å². The summed E-state index contributed by atoms with van der Waals surface area (Å²) in [5.74, 6) is 0. The van der Waals surface area contributed by atoms with Crippen molar-refractivity contribution in [3.8, 4) is 0 Å². The van der Waals surface area contributed by atoms with Gasteiger partial charge in [-0.2, -0.15) is 0 Å². The molecule has 4 aromatic rings. The monoisotopic (exact) mass is 347 g/mol. The maximum absolute atomic E-state index is 6.17. The molecule has 0 unspecified atom stereocenters. The van der Waals surface area contributed by atoms with E-state index < -0.39 is 11.2 Å². The van der Waals surface area contributed by atoms with E-state index in [1.54, 1.807) is 0 Å². The number of hydrogen-bond acceptors (Lipinski definition) is 4. The number of fused-ring (bicyclic) bond motifs is 5. The standard InChI is InChI=1S/C22H21NO3/c1-21(2)22(3,4)26-23(25-21)15-10-12-19-18(13-15)17-11-9-14-7-5-6-8-16(14)20(17)24-19/h5-13H,1-4H3. The summed E-state index contributed by atoms with van der Waals surface area (Å²) in [7, 11) is 0. The number of benzene rings is 3. The van der Waals surface area contributed by atoms with Gasteiger partial charge >= 0.3 is 0 Å². The Labute approximate surface area is 151 Å². The molecule has 0 radical (unpaired) electrons. The van der Waals surface area contributed by atoms with Crippen LogP contribution >= 0.6 is 0 Å². The van der Waals surface area contributed by atoms with E-state index in [1.165, 1.54) is 10.6 Å². The fourth-order valence-electron chi connectivity index (χ4n) is 3.36. The van der Waals surface area contributed by atoms with Crippen molar-refractivity contribution in [2.75, 3.05) is 5.23 Å². The maximum Gasteiger partial charge on any atom is 0.143 e. The van der Waals surface area contributed by atoms with E-state index in [9.17, 15) is 0 Å². The van der Waals surface area contributed by atoms with E-state index in [1.807, 2.05) is 52.0 Å². The Kier molecular flexibility index (Phi) is 3.01. The van der Waals surface area contributed by atoms with E-state index in [4.69, 9.17) is 14.1 Å². The molecule has 0 N–H and O–H groups in total. The smallest absolute Gasteiger partial charge is 0.143 e. The van der Waals surface area contributed by atoms with Gasteiger partial charge in [-0.3, -0.25) is 0 Å². The van der Waals surface area contributed by atoms with Crippen LogP contribution in [0.3, 0.4) is 0 Å². The van der Waals surface area contributed by atoms with Crippen LogP contribution in [0.2, 0.25) is 0 Å². The van der Waals surface area contributed by atoms with Gasteiger partial charge in [-0.05, 0) is 57.3 Å². The molecule has 2 heterocycles. The highest BCUT2D eigenvalue weighted by atomic mass is 17.0. The van der Waals surface area contributed by atoms with Crippen molar-refractivity contribution in [2.24, 2.45) is 0 Å². The van der Waals surface area contributed by atoms with E-state index >= 15 is 0 Å². The summed E-state index contributed by atoms with van der Waals surface area (Å²) in [6.07, 6.45) is 0. The number of hydrogen-bond donors (Lipinski definition) is 0. The van der Waals surface area contributed by atoms with Crippen LogP contribution in [-0.2, 0) is 9.68 Å². The molecule has 0 saturated carbocycles. The predicted octanol–water partition coefficient (Wildman–Crippen LogP) is 5.98. The van der Waals surface area contributed by atoms with E-state index in [0.29, 0.717) is 0 Å². The second-order valence-electron chi connectivity index (χ2n) is 7.91. The summed E-state index contributed by atoms with van der Waals surface area (Å²) >= 11 is 0. The minimum atomic E-state index is -0.420. The van der Waals surface area contributed by atoms with Gasteiger partial charge in [0.1, 0.15) is 22.4 Å². The average molecular weight is 347 g/mol. The van der Waals surface area contributed by atoms with Crippen LogP contribution in [0.15, 0.2) is 59.0 Å². The second kappa shape index (κ2) is 5.00. The Morgan fingerprint density at radius 1 is 0.731 bits per heavy atom. The molecule has 1 aromatic heterocycles. The minimum Gasteiger partial charge on any atom is -0.455 e. The third-order valence-electron chi connectivity index (χ3n) is 5.63. The normalized spacial score (nSPS) is 19.0. The lowest BCUT2D eigenvalue weighted by Crippen LogP contribution is -2.41. The number of rotatable bonds is 1. The van der Waals surface area contributed by atoms with E-state index in [0.717, 1.165) is 33.0 Å². The molecule has 1 aliphatic rings. The summed E-state index contributed by atoms with van der Waals surface area (Å²) in [6.45, 7) is 8.13. The molecule has 0 aliphatic carbocycles. The van der Waals surface area contributed by atoms with Crippen molar-refractivity contribution in [3.05, 3.63) is 54.6 Å². The van der Waals surface area contributed by atoms with Gasteiger partial charge in [0, 0.05) is 16.2 Å². The van der Waals surface area contributed by atoms with Crippen LogP contribution in [0.5, 0.6) is 0 Å². The van der Waals surface area contributed by atoms with Gasteiger partial charge in [-0.1, -0.05) is 30.3 Å². The predicted molar refractivity (Wildman–Crippen MR) is 104 cm³/mol. The largest absolute Gasteiger partial charge is 0.455 e. The zero-order valence-electron chi connectivity index (χ0n) is 15.4. The molecule has 0 bridgehead atoms. The first kappa shape index (κ1) is 15.7. The van der Waals surface area contributed by atoms with Crippen LogP contribution in [0.4, 0.5) is 5.69 Å². The topological polar surface area (TPSA) is 34.8 Å². The Balaban J connectivity index is 1.68. The SMILES string of the molecule is CC1(C)ON(c2ccc3oc4c5ccccc5ccc4c3c2)OC1(C)C. The van der Waals surface area contributed by atoms with Crippen molar-refractivity contribution >= 4 is 38.4 Å². The summed E-state index contributed by atoms with van der Waals surface area (Å²) in [6, 6.07) is 18.5. The average Bonchev–Trinajstić information content (AvgIpc) is 3.08. The fourth-order valence-corrected chi connectivity index (χ4v) is 3.36. The van der Waals surface area contributed by atoms with Gasteiger partial charge in [0.2, 0.25) is 0 Å². The highest BCUT2D eigenvalue weighted by Crippen LogP contribution is 2.42. The molecular formula is C22H21NO3. The van der Waals surface area contributed by atoms with Crippen molar-refractivity contribution in [2.45, 2.75) is 38.9 Å². The molecule has 5 rings (SSSR count). The molecule has 1 saturated heterocycles. The first-order valence-corrected chi connectivity index (χ1v) is 8.88.